The Morgan fingerprint density at radius 3 is 2.61 bits per heavy atom. The van der Waals surface area contributed by atoms with Gasteiger partial charge in [0.25, 0.3) is 0 Å². The van der Waals surface area contributed by atoms with Gasteiger partial charge >= 0.3 is 0 Å². The SMILES string of the molecule is c1cc(CNc2ccc(Cn3cnnc3)cc2)c2cc[nH]c2c1. The highest BCUT2D eigenvalue weighted by Crippen LogP contribution is 2.19. The molecule has 0 atom stereocenters. The second-order valence-corrected chi connectivity index (χ2v) is 5.54. The first-order chi connectivity index (χ1) is 11.4. The lowest BCUT2D eigenvalue weighted by Crippen LogP contribution is -2.01. The van der Waals surface area contributed by atoms with Gasteiger partial charge in [-0.15, -0.1) is 10.2 Å². The maximum absolute atomic E-state index is 3.82. The lowest BCUT2D eigenvalue weighted by molar-refractivity contribution is 0.794. The predicted molar refractivity (Wildman–Crippen MR) is 91.2 cm³/mol. The van der Waals surface area contributed by atoms with Gasteiger partial charge in [0.15, 0.2) is 0 Å². The molecule has 4 aromatic rings. The minimum Gasteiger partial charge on any atom is -0.381 e. The van der Waals surface area contributed by atoms with Crippen molar-refractivity contribution in [2.24, 2.45) is 0 Å². The van der Waals surface area contributed by atoms with Crippen LogP contribution in [-0.2, 0) is 13.1 Å². The van der Waals surface area contributed by atoms with Gasteiger partial charge in [0, 0.05) is 35.9 Å². The molecule has 0 saturated carbocycles. The molecule has 23 heavy (non-hydrogen) atoms. The molecule has 0 aliphatic heterocycles. The Labute approximate surface area is 134 Å². The first-order valence-corrected chi connectivity index (χ1v) is 7.59. The van der Waals surface area contributed by atoms with E-state index in [0.29, 0.717) is 0 Å². The van der Waals surface area contributed by atoms with Gasteiger partial charge in [0.1, 0.15) is 12.7 Å². The maximum atomic E-state index is 3.82. The number of anilines is 1. The molecule has 0 amide bonds. The van der Waals surface area contributed by atoms with E-state index in [0.717, 1.165) is 18.8 Å². The van der Waals surface area contributed by atoms with Crippen LogP contribution in [0.4, 0.5) is 5.69 Å². The Bertz CT molecular complexity index is 891. The molecule has 5 nitrogen and oxygen atoms in total. The predicted octanol–water partition coefficient (Wildman–Crippen LogP) is 3.42. The molecule has 0 radical (unpaired) electrons. The summed E-state index contributed by atoms with van der Waals surface area (Å²) < 4.78 is 1.95. The molecule has 0 aliphatic rings. The number of nitrogens with one attached hydrogen (secondary N) is 2. The monoisotopic (exact) mass is 303 g/mol. The van der Waals surface area contributed by atoms with Crippen LogP contribution in [0.1, 0.15) is 11.1 Å². The van der Waals surface area contributed by atoms with Crippen LogP contribution in [0.5, 0.6) is 0 Å². The number of aromatic nitrogens is 4. The fraction of sp³-hybridized carbons (Fsp3) is 0.111. The number of nitrogens with zero attached hydrogens (tertiary/aromatic N) is 3. The zero-order valence-corrected chi connectivity index (χ0v) is 12.6. The van der Waals surface area contributed by atoms with Crippen LogP contribution in [0.3, 0.4) is 0 Å². The van der Waals surface area contributed by atoms with Crippen molar-refractivity contribution in [3.05, 3.63) is 78.5 Å². The molecule has 114 valence electrons. The van der Waals surface area contributed by atoms with Crippen molar-refractivity contribution in [2.75, 3.05) is 5.32 Å². The van der Waals surface area contributed by atoms with Crippen LogP contribution < -0.4 is 5.32 Å². The second-order valence-electron chi connectivity index (χ2n) is 5.54. The summed E-state index contributed by atoms with van der Waals surface area (Å²) in [4.78, 5) is 3.25. The van der Waals surface area contributed by atoms with Crippen molar-refractivity contribution in [3.63, 3.8) is 0 Å². The fourth-order valence-corrected chi connectivity index (χ4v) is 2.74. The highest BCUT2D eigenvalue weighted by atomic mass is 15.2. The Morgan fingerprint density at radius 2 is 1.78 bits per heavy atom. The molecular weight excluding hydrogens is 286 g/mol. The molecule has 0 saturated heterocycles. The number of aromatic amines is 1. The number of benzene rings is 2. The van der Waals surface area contributed by atoms with E-state index in [2.05, 4.69) is 69.0 Å². The standard InChI is InChI=1S/C18H17N5/c1-2-15(17-8-9-19-18(17)3-1)10-20-16-6-4-14(5-7-16)11-23-12-21-22-13-23/h1-9,12-13,19-20H,10-11H2. The first-order valence-electron chi connectivity index (χ1n) is 7.59. The van der Waals surface area contributed by atoms with Gasteiger partial charge in [-0.05, 0) is 35.4 Å². The smallest absolute Gasteiger partial charge is 0.119 e. The highest BCUT2D eigenvalue weighted by molar-refractivity contribution is 5.83. The van der Waals surface area contributed by atoms with Crippen molar-refractivity contribution in [3.8, 4) is 0 Å². The Kier molecular flexibility index (Phi) is 3.52. The van der Waals surface area contributed by atoms with Gasteiger partial charge in [0.2, 0.25) is 0 Å². The zero-order valence-electron chi connectivity index (χ0n) is 12.6. The third-order valence-corrected chi connectivity index (χ3v) is 3.95. The topological polar surface area (TPSA) is 58.5 Å². The number of fused-ring (bicyclic) bond motifs is 1. The second kappa shape index (κ2) is 5.96. The molecule has 2 heterocycles. The molecule has 0 spiro atoms. The summed E-state index contributed by atoms with van der Waals surface area (Å²) in [5.41, 5.74) is 4.80. The average molecular weight is 303 g/mol. The van der Waals surface area contributed by atoms with E-state index in [1.165, 1.54) is 22.0 Å². The molecular formula is C18H17N5. The number of hydrogen-bond acceptors (Lipinski definition) is 3. The Balaban J connectivity index is 1.44. The zero-order chi connectivity index (χ0) is 15.5. The van der Waals surface area contributed by atoms with Crippen molar-refractivity contribution >= 4 is 16.6 Å². The number of rotatable bonds is 5. The average Bonchev–Trinajstić information content (AvgIpc) is 3.25. The van der Waals surface area contributed by atoms with E-state index >= 15 is 0 Å². The third-order valence-electron chi connectivity index (χ3n) is 3.95. The van der Waals surface area contributed by atoms with Gasteiger partial charge in [-0.1, -0.05) is 24.3 Å². The van der Waals surface area contributed by atoms with E-state index in [4.69, 9.17) is 0 Å². The van der Waals surface area contributed by atoms with E-state index in [1.54, 1.807) is 12.7 Å². The number of H-pyrrole nitrogens is 1. The van der Waals surface area contributed by atoms with E-state index < -0.39 is 0 Å². The molecule has 0 aliphatic carbocycles. The third kappa shape index (κ3) is 2.94. The summed E-state index contributed by atoms with van der Waals surface area (Å²) in [6.07, 6.45) is 5.43. The van der Waals surface area contributed by atoms with Crippen LogP contribution in [0, 0.1) is 0 Å². The first kappa shape index (κ1) is 13.6. The molecule has 2 N–H and O–H groups in total. The lowest BCUT2D eigenvalue weighted by Gasteiger charge is -2.09. The van der Waals surface area contributed by atoms with Crippen molar-refractivity contribution in [1.82, 2.24) is 19.7 Å². The van der Waals surface area contributed by atoms with Crippen LogP contribution in [0.25, 0.3) is 10.9 Å². The van der Waals surface area contributed by atoms with Crippen LogP contribution in [-0.4, -0.2) is 19.7 Å². The molecule has 2 aromatic carbocycles. The minimum atomic E-state index is 0.788. The summed E-state index contributed by atoms with van der Waals surface area (Å²) in [6, 6.07) is 16.9. The van der Waals surface area contributed by atoms with E-state index in [1.807, 2.05) is 10.8 Å². The van der Waals surface area contributed by atoms with Gasteiger partial charge < -0.3 is 14.9 Å². The maximum Gasteiger partial charge on any atom is 0.119 e. The quantitative estimate of drug-likeness (QED) is 0.594. The van der Waals surface area contributed by atoms with Gasteiger partial charge in [-0.2, -0.15) is 0 Å². The largest absolute Gasteiger partial charge is 0.381 e. The summed E-state index contributed by atoms with van der Waals surface area (Å²) >= 11 is 0. The van der Waals surface area contributed by atoms with E-state index in [-0.39, 0.29) is 0 Å². The highest BCUT2D eigenvalue weighted by Gasteiger charge is 2.02. The Morgan fingerprint density at radius 1 is 0.957 bits per heavy atom. The van der Waals surface area contributed by atoms with Crippen LogP contribution >= 0.6 is 0 Å². The molecule has 0 unspecified atom stereocenters. The van der Waals surface area contributed by atoms with Gasteiger partial charge in [0.05, 0.1) is 0 Å². The normalized spacial score (nSPS) is 11.0. The van der Waals surface area contributed by atoms with Crippen molar-refractivity contribution in [1.29, 1.82) is 0 Å². The minimum absolute atomic E-state index is 0.788. The van der Waals surface area contributed by atoms with Crippen molar-refractivity contribution in [2.45, 2.75) is 13.1 Å². The summed E-state index contributed by atoms with van der Waals surface area (Å²) in [5, 5.41) is 12.4. The molecule has 5 heteroatoms. The molecule has 0 bridgehead atoms. The molecule has 0 fully saturated rings. The molecule has 4 rings (SSSR count). The summed E-state index contributed by atoms with van der Waals surface area (Å²) in [7, 11) is 0. The summed E-state index contributed by atoms with van der Waals surface area (Å²) in [6.45, 7) is 1.59. The van der Waals surface area contributed by atoms with Gasteiger partial charge in [-0.3, -0.25) is 0 Å². The number of hydrogen-bond donors (Lipinski definition) is 2. The molecule has 2 aromatic heterocycles. The van der Waals surface area contributed by atoms with E-state index in [9.17, 15) is 0 Å². The Hall–Kier alpha value is -3.08. The van der Waals surface area contributed by atoms with Gasteiger partial charge in [-0.25, -0.2) is 0 Å². The fourth-order valence-electron chi connectivity index (χ4n) is 2.74. The van der Waals surface area contributed by atoms with Crippen LogP contribution in [0.15, 0.2) is 67.4 Å². The lowest BCUT2D eigenvalue weighted by atomic mass is 10.1. The van der Waals surface area contributed by atoms with Crippen molar-refractivity contribution < 1.29 is 0 Å². The summed E-state index contributed by atoms with van der Waals surface area (Å²) in [5.74, 6) is 0. The van der Waals surface area contributed by atoms with Crippen LogP contribution in [0.2, 0.25) is 0 Å².